The van der Waals surface area contributed by atoms with Crippen LogP contribution in [0.1, 0.15) is 6.42 Å². The van der Waals surface area contributed by atoms with E-state index >= 15 is 0 Å². The van der Waals surface area contributed by atoms with Gasteiger partial charge in [-0.3, -0.25) is 0 Å². The number of rotatable bonds is 0. The number of nitrogens with one attached hydrogen (secondary N) is 3. The molecule has 7 nitrogen and oxygen atoms in total. The molecule has 23 heavy (non-hydrogen) atoms. The van der Waals surface area contributed by atoms with Crippen LogP contribution in [0.3, 0.4) is 0 Å². The van der Waals surface area contributed by atoms with Crippen LogP contribution in [0.5, 0.6) is 0 Å². The second-order valence-electron chi connectivity index (χ2n) is 4.84. The molecule has 0 saturated carbocycles. The van der Waals surface area contributed by atoms with Crippen molar-refractivity contribution in [1.29, 1.82) is 0 Å². The molecule has 1 aliphatic heterocycles. The number of nitrogens with zero attached hydrogens (tertiary/aromatic N) is 2. The number of fused-ring (bicyclic) bond motifs is 4. The predicted octanol–water partition coefficient (Wildman–Crippen LogP) is 2.84. The first kappa shape index (κ1) is 16.6. The van der Waals surface area contributed by atoms with Crippen LogP contribution in [0.15, 0.2) is 38.2 Å². The van der Waals surface area contributed by atoms with Gasteiger partial charge in [0.05, 0.1) is 9.37 Å². The number of hydrogen-bond donors (Lipinski definition) is 3. The lowest BCUT2D eigenvalue weighted by molar-refractivity contribution is 0.579. The number of aromatic nitrogens is 2. The highest BCUT2D eigenvalue weighted by atomic mass is 79.9. The maximum atomic E-state index is 12.4. The van der Waals surface area contributed by atoms with Gasteiger partial charge in [-0.05, 0) is 56.5 Å². The van der Waals surface area contributed by atoms with Gasteiger partial charge in [0, 0.05) is 29.4 Å². The Kier molecular flexibility index (Phi) is 4.85. The van der Waals surface area contributed by atoms with Crippen molar-refractivity contribution in [1.82, 2.24) is 14.7 Å². The van der Waals surface area contributed by atoms with Crippen molar-refractivity contribution < 1.29 is 8.42 Å². The van der Waals surface area contributed by atoms with Crippen molar-refractivity contribution in [2.24, 2.45) is 0 Å². The fraction of sp³-hybridized carbons (Fsp3) is 0.231. The molecule has 1 aliphatic rings. The third kappa shape index (κ3) is 3.82. The zero-order chi connectivity index (χ0) is 16.4. The molecule has 0 unspecified atom stereocenters. The Morgan fingerprint density at radius 1 is 1.13 bits per heavy atom. The van der Waals surface area contributed by atoms with E-state index in [9.17, 15) is 8.42 Å². The van der Waals surface area contributed by atoms with Gasteiger partial charge in [-0.25, -0.2) is 18.1 Å². The zero-order valence-corrected chi connectivity index (χ0v) is 15.8. The van der Waals surface area contributed by atoms with Crippen LogP contribution in [0, 0.1) is 0 Å². The minimum atomic E-state index is -3.59. The molecule has 3 rings (SSSR count). The smallest absolute Gasteiger partial charge is 0.241 e. The molecule has 4 bridgehead atoms. The highest BCUT2D eigenvalue weighted by molar-refractivity contribution is 9.10. The van der Waals surface area contributed by atoms with Gasteiger partial charge in [0.1, 0.15) is 5.82 Å². The molecular formula is C13H13Br2N5O2S. The largest absolute Gasteiger partial charge is 0.369 e. The van der Waals surface area contributed by atoms with E-state index in [1.54, 1.807) is 24.4 Å². The number of hydrogen-bond acceptors (Lipinski definition) is 6. The molecule has 3 N–H and O–H groups in total. The van der Waals surface area contributed by atoms with Crippen molar-refractivity contribution >= 4 is 59.3 Å². The van der Waals surface area contributed by atoms with Gasteiger partial charge in [-0.15, -0.1) is 0 Å². The molecule has 2 heterocycles. The Bertz CT molecular complexity index is 844. The third-order valence-corrected chi connectivity index (χ3v) is 6.19. The molecular weight excluding hydrogens is 450 g/mol. The summed E-state index contributed by atoms with van der Waals surface area (Å²) >= 11 is 6.67. The van der Waals surface area contributed by atoms with Crippen molar-refractivity contribution in [2.45, 2.75) is 11.3 Å². The molecule has 10 heteroatoms. The van der Waals surface area contributed by atoms with Gasteiger partial charge >= 0.3 is 0 Å². The molecule has 0 amide bonds. The van der Waals surface area contributed by atoms with E-state index in [-0.39, 0.29) is 4.90 Å². The molecule has 1 aromatic carbocycles. The van der Waals surface area contributed by atoms with Crippen LogP contribution >= 0.6 is 31.9 Å². The Morgan fingerprint density at radius 2 is 1.96 bits per heavy atom. The Labute approximate surface area is 150 Å². The first-order valence-electron chi connectivity index (χ1n) is 6.78. The highest BCUT2D eigenvalue weighted by Crippen LogP contribution is 2.28. The van der Waals surface area contributed by atoms with E-state index in [0.29, 0.717) is 41.4 Å². The summed E-state index contributed by atoms with van der Waals surface area (Å²) in [4.78, 5) is 8.75. The van der Waals surface area contributed by atoms with Gasteiger partial charge in [-0.1, -0.05) is 0 Å². The molecule has 0 aliphatic carbocycles. The van der Waals surface area contributed by atoms with Crippen molar-refractivity contribution in [3.05, 3.63) is 33.3 Å². The minimum Gasteiger partial charge on any atom is -0.369 e. The molecule has 0 spiro atoms. The van der Waals surface area contributed by atoms with Crippen LogP contribution < -0.4 is 15.4 Å². The lowest BCUT2D eigenvalue weighted by Crippen LogP contribution is -2.26. The van der Waals surface area contributed by atoms with Crippen LogP contribution in [0.4, 0.5) is 17.5 Å². The van der Waals surface area contributed by atoms with Crippen molar-refractivity contribution in [3.63, 3.8) is 0 Å². The van der Waals surface area contributed by atoms with Crippen LogP contribution in [-0.4, -0.2) is 31.5 Å². The highest BCUT2D eigenvalue weighted by Gasteiger charge is 2.18. The van der Waals surface area contributed by atoms with E-state index in [1.165, 1.54) is 0 Å². The second kappa shape index (κ2) is 6.71. The van der Waals surface area contributed by atoms with E-state index in [0.717, 1.165) is 4.47 Å². The average Bonchev–Trinajstić information content (AvgIpc) is 2.51. The standard InChI is InChI=1S/C13H13Br2N5O2S/c14-9-3-2-8-6-11(9)23(21,22)18-5-1-4-16-12-10(15)7-17-13(19-8)20-12/h2-3,6-7,18H,1,4-5H2,(H2,16,17,19,20). The second-order valence-corrected chi connectivity index (χ2v) is 8.28. The summed E-state index contributed by atoms with van der Waals surface area (Å²) in [5.74, 6) is 1.04. The van der Waals surface area contributed by atoms with Gasteiger partial charge in [0.25, 0.3) is 0 Å². The van der Waals surface area contributed by atoms with Crippen LogP contribution in [0.2, 0.25) is 0 Å². The fourth-order valence-electron chi connectivity index (χ4n) is 2.05. The number of halogens is 2. The van der Waals surface area contributed by atoms with Crippen LogP contribution in [-0.2, 0) is 10.0 Å². The Balaban J connectivity index is 2.06. The normalized spacial score (nSPS) is 17.0. The first-order chi connectivity index (χ1) is 11.0. The maximum Gasteiger partial charge on any atom is 0.241 e. The van der Waals surface area contributed by atoms with E-state index in [1.807, 2.05) is 0 Å². The van der Waals surface area contributed by atoms with Crippen molar-refractivity contribution in [3.8, 4) is 0 Å². The minimum absolute atomic E-state index is 0.173. The summed E-state index contributed by atoms with van der Waals surface area (Å²) in [6, 6.07) is 4.97. The summed E-state index contributed by atoms with van der Waals surface area (Å²) in [5, 5.41) is 6.17. The van der Waals surface area contributed by atoms with Crippen LogP contribution in [0.25, 0.3) is 0 Å². The van der Waals surface area contributed by atoms with Gasteiger partial charge in [-0.2, -0.15) is 4.98 Å². The van der Waals surface area contributed by atoms with E-state index in [2.05, 4.69) is 57.2 Å². The lowest BCUT2D eigenvalue weighted by Gasteiger charge is -2.10. The third-order valence-electron chi connectivity index (χ3n) is 3.16. The molecule has 2 aromatic rings. The number of benzene rings is 1. The zero-order valence-electron chi connectivity index (χ0n) is 11.8. The Morgan fingerprint density at radius 3 is 2.78 bits per heavy atom. The van der Waals surface area contributed by atoms with E-state index in [4.69, 9.17) is 0 Å². The summed E-state index contributed by atoms with van der Waals surface area (Å²) < 4.78 is 28.6. The molecule has 0 fully saturated rings. The summed E-state index contributed by atoms with van der Waals surface area (Å²) in [5.41, 5.74) is 0.584. The summed E-state index contributed by atoms with van der Waals surface area (Å²) in [6.07, 6.45) is 2.27. The molecule has 0 atom stereocenters. The van der Waals surface area contributed by atoms with Gasteiger partial charge in [0.15, 0.2) is 0 Å². The topological polar surface area (TPSA) is 96.0 Å². The van der Waals surface area contributed by atoms with Gasteiger partial charge in [0.2, 0.25) is 16.0 Å². The quantitative estimate of drug-likeness (QED) is 0.557. The predicted molar refractivity (Wildman–Crippen MR) is 95.5 cm³/mol. The maximum absolute atomic E-state index is 12.4. The Hall–Kier alpha value is -1.23. The average molecular weight is 463 g/mol. The number of sulfonamides is 1. The molecule has 122 valence electrons. The van der Waals surface area contributed by atoms with Crippen molar-refractivity contribution in [2.75, 3.05) is 23.7 Å². The summed E-state index contributed by atoms with van der Waals surface area (Å²) in [6.45, 7) is 0.908. The van der Waals surface area contributed by atoms with E-state index < -0.39 is 10.0 Å². The lowest BCUT2D eigenvalue weighted by atomic mass is 10.3. The summed E-state index contributed by atoms with van der Waals surface area (Å²) in [7, 11) is -3.59. The molecule has 0 saturated heterocycles. The first-order valence-corrected chi connectivity index (χ1v) is 9.85. The molecule has 0 radical (unpaired) electrons. The number of anilines is 3. The SMILES string of the molecule is O=S1(=O)NCCCNc2nc(ncc2Br)Nc2ccc(Br)c1c2. The monoisotopic (exact) mass is 461 g/mol. The van der Waals surface area contributed by atoms with Gasteiger partial charge < -0.3 is 10.6 Å². The molecule has 1 aromatic heterocycles. The fourth-order valence-corrected chi connectivity index (χ4v) is 4.44.